The van der Waals surface area contributed by atoms with E-state index < -0.39 is 0 Å². The van der Waals surface area contributed by atoms with Crippen LogP contribution < -0.4 is 0 Å². The van der Waals surface area contributed by atoms with Gasteiger partial charge < -0.3 is 9.47 Å². The third-order valence-corrected chi connectivity index (χ3v) is 3.56. The van der Waals surface area contributed by atoms with Crippen molar-refractivity contribution in [3.63, 3.8) is 0 Å². The van der Waals surface area contributed by atoms with E-state index in [1.807, 2.05) is 9.47 Å². The Hall–Kier alpha value is -1.39. The van der Waals surface area contributed by atoms with E-state index in [0.29, 0.717) is 0 Å². The van der Waals surface area contributed by atoms with Gasteiger partial charge in [-0.25, -0.2) is 0 Å². The number of hydrogen-bond donors (Lipinski definition) is 0. The maximum absolute atomic E-state index is 12.3. The first-order valence-corrected chi connectivity index (χ1v) is 6.03. The van der Waals surface area contributed by atoms with Gasteiger partial charge in [-0.05, 0) is 25.7 Å². The maximum Gasteiger partial charge on any atom is 0.245 e. The summed E-state index contributed by atoms with van der Waals surface area (Å²) >= 11 is 0. The Kier molecular flexibility index (Phi) is 2.38. The standard InChI is InChI=1S/C11H16N4O/c16-11(14-6-1-2-7-14)9-4-3-5-10-13-12-8-15(9)10/h8-9H,1-7H2. The van der Waals surface area contributed by atoms with E-state index in [-0.39, 0.29) is 11.9 Å². The Balaban J connectivity index is 1.83. The minimum atomic E-state index is -0.0446. The highest BCUT2D eigenvalue weighted by Crippen LogP contribution is 2.26. The minimum Gasteiger partial charge on any atom is -0.341 e. The minimum absolute atomic E-state index is 0.0446. The van der Waals surface area contributed by atoms with Crippen molar-refractivity contribution in [3.8, 4) is 0 Å². The Morgan fingerprint density at radius 3 is 2.94 bits per heavy atom. The van der Waals surface area contributed by atoms with Crippen molar-refractivity contribution >= 4 is 5.91 Å². The summed E-state index contributed by atoms with van der Waals surface area (Å²) in [6.07, 6.45) is 6.92. The van der Waals surface area contributed by atoms with Crippen LogP contribution >= 0.6 is 0 Å². The summed E-state index contributed by atoms with van der Waals surface area (Å²) in [4.78, 5) is 14.3. The maximum atomic E-state index is 12.3. The lowest BCUT2D eigenvalue weighted by molar-refractivity contribution is -0.134. The molecule has 2 aliphatic rings. The zero-order valence-corrected chi connectivity index (χ0v) is 9.30. The monoisotopic (exact) mass is 220 g/mol. The number of rotatable bonds is 1. The number of carbonyl (C=O) groups is 1. The van der Waals surface area contributed by atoms with Crippen LogP contribution in [-0.2, 0) is 11.2 Å². The summed E-state index contributed by atoms with van der Waals surface area (Å²) in [5.41, 5.74) is 0. The second-order valence-corrected chi connectivity index (χ2v) is 4.59. The first-order valence-electron chi connectivity index (χ1n) is 6.03. The van der Waals surface area contributed by atoms with Gasteiger partial charge in [-0.3, -0.25) is 4.79 Å². The van der Waals surface area contributed by atoms with Crippen LogP contribution in [0.5, 0.6) is 0 Å². The molecule has 3 rings (SSSR count). The lowest BCUT2D eigenvalue weighted by atomic mass is 10.0. The van der Waals surface area contributed by atoms with E-state index in [9.17, 15) is 4.79 Å². The molecule has 1 unspecified atom stereocenters. The van der Waals surface area contributed by atoms with Gasteiger partial charge in [0.1, 0.15) is 18.2 Å². The Bertz CT molecular complexity index is 394. The van der Waals surface area contributed by atoms with Crippen molar-refractivity contribution in [2.45, 2.75) is 38.1 Å². The van der Waals surface area contributed by atoms with E-state index in [4.69, 9.17) is 0 Å². The van der Waals surface area contributed by atoms with Gasteiger partial charge in [-0.1, -0.05) is 0 Å². The van der Waals surface area contributed by atoms with Crippen LogP contribution in [0.15, 0.2) is 6.33 Å². The second kappa shape index (κ2) is 3.88. The molecule has 86 valence electrons. The summed E-state index contributed by atoms with van der Waals surface area (Å²) in [5, 5.41) is 7.96. The van der Waals surface area contributed by atoms with Crippen molar-refractivity contribution < 1.29 is 4.79 Å². The molecule has 0 saturated carbocycles. The zero-order valence-electron chi connectivity index (χ0n) is 9.30. The molecular weight excluding hydrogens is 204 g/mol. The van der Waals surface area contributed by atoms with Crippen LogP contribution in [0, 0.1) is 0 Å². The molecule has 1 atom stereocenters. The number of carbonyl (C=O) groups excluding carboxylic acids is 1. The van der Waals surface area contributed by atoms with Crippen molar-refractivity contribution in [2.24, 2.45) is 0 Å². The number of amides is 1. The smallest absolute Gasteiger partial charge is 0.245 e. The summed E-state index contributed by atoms with van der Waals surface area (Å²) in [5.74, 6) is 1.22. The molecule has 0 aromatic carbocycles. The van der Waals surface area contributed by atoms with Crippen LogP contribution in [0.3, 0.4) is 0 Å². The summed E-state index contributed by atoms with van der Waals surface area (Å²) in [6.45, 7) is 1.85. The molecule has 16 heavy (non-hydrogen) atoms. The number of aryl methyl sites for hydroxylation is 1. The zero-order chi connectivity index (χ0) is 11.0. The Morgan fingerprint density at radius 2 is 2.12 bits per heavy atom. The molecule has 0 aliphatic carbocycles. The normalized spacial score (nSPS) is 24.5. The van der Waals surface area contributed by atoms with E-state index in [1.54, 1.807) is 6.33 Å². The highest BCUT2D eigenvalue weighted by atomic mass is 16.2. The van der Waals surface area contributed by atoms with E-state index in [2.05, 4.69) is 10.2 Å². The summed E-state index contributed by atoms with van der Waals surface area (Å²) in [6, 6.07) is -0.0446. The predicted octanol–water partition coefficient (Wildman–Crippen LogP) is 0.778. The first-order chi connectivity index (χ1) is 7.86. The fourth-order valence-corrected chi connectivity index (χ4v) is 2.69. The molecule has 1 aromatic heterocycles. The molecule has 2 aliphatic heterocycles. The Morgan fingerprint density at radius 1 is 1.31 bits per heavy atom. The molecule has 1 fully saturated rings. The van der Waals surface area contributed by atoms with Gasteiger partial charge in [-0.2, -0.15) is 0 Å². The molecule has 1 aromatic rings. The molecule has 5 nitrogen and oxygen atoms in total. The highest BCUT2D eigenvalue weighted by molar-refractivity contribution is 5.80. The topological polar surface area (TPSA) is 51.0 Å². The molecule has 1 saturated heterocycles. The lowest BCUT2D eigenvalue weighted by Gasteiger charge is -2.27. The van der Waals surface area contributed by atoms with Gasteiger partial charge >= 0.3 is 0 Å². The molecular formula is C11H16N4O. The molecule has 3 heterocycles. The van der Waals surface area contributed by atoms with Crippen LogP contribution in [0.4, 0.5) is 0 Å². The fourth-order valence-electron chi connectivity index (χ4n) is 2.69. The van der Waals surface area contributed by atoms with Crippen molar-refractivity contribution in [3.05, 3.63) is 12.2 Å². The van der Waals surface area contributed by atoms with Crippen LogP contribution in [0.2, 0.25) is 0 Å². The number of aromatic nitrogens is 3. The predicted molar refractivity (Wildman–Crippen MR) is 57.8 cm³/mol. The summed E-state index contributed by atoms with van der Waals surface area (Å²) in [7, 11) is 0. The molecule has 0 N–H and O–H groups in total. The molecule has 1 amide bonds. The van der Waals surface area contributed by atoms with Gasteiger partial charge in [0.15, 0.2) is 0 Å². The fraction of sp³-hybridized carbons (Fsp3) is 0.727. The van der Waals surface area contributed by atoms with Gasteiger partial charge in [0.2, 0.25) is 5.91 Å². The van der Waals surface area contributed by atoms with Gasteiger partial charge in [0.25, 0.3) is 0 Å². The third-order valence-electron chi connectivity index (χ3n) is 3.56. The average Bonchev–Trinajstić information content (AvgIpc) is 2.98. The number of fused-ring (bicyclic) bond motifs is 1. The third kappa shape index (κ3) is 1.50. The first kappa shape index (κ1) is 9.81. The number of likely N-dealkylation sites (tertiary alicyclic amines) is 1. The van der Waals surface area contributed by atoms with Crippen molar-refractivity contribution in [1.82, 2.24) is 19.7 Å². The Labute approximate surface area is 94.5 Å². The van der Waals surface area contributed by atoms with Gasteiger partial charge in [0.05, 0.1) is 0 Å². The van der Waals surface area contributed by atoms with Crippen molar-refractivity contribution in [2.75, 3.05) is 13.1 Å². The molecule has 0 radical (unpaired) electrons. The lowest BCUT2D eigenvalue weighted by Crippen LogP contribution is -2.37. The van der Waals surface area contributed by atoms with Crippen LogP contribution in [0.1, 0.15) is 37.5 Å². The molecule has 0 spiro atoms. The average molecular weight is 220 g/mol. The molecule has 5 heteroatoms. The summed E-state index contributed by atoms with van der Waals surface area (Å²) < 4.78 is 1.96. The van der Waals surface area contributed by atoms with Gasteiger partial charge in [-0.15, -0.1) is 10.2 Å². The number of nitrogens with zero attached hydrogens (tertiary/aromatic N) is 4. The van der Waals surface area contributed by atoms with Crippen LogP contribution in [0.25, 0.3) is 0 Å². The SMILES string of the molecule is O=C(C1CCCc2nncn21)N1CCCC1. The highest BCUT2D eigenvalue weighted by Gasteiger charge is 2.31. The number of hydrogen-bond acceptors (Lipinski definition) is 3. The second-order valence-electron chi connectivity index (χ2n) is 4.59. The van der Waals surface area contributed by atoms with E-state index in [1.165, 1.54) is 0 Å². The quantitative estimate of drug-likeness (QED) is 0.702. The van der Waals surface area contributed by atoms with E-state index >= 15 is 0 Å². The van der Waals surface area contributed by atoms with Gasteiger partial charge in [0, 0.05) is 19.5 Å². The van der Waals surface area contributed by atoms with E-state index in [0.717, 1.165) is 51.0 Å². The van der Waals surface area contributed by atoms with Crippen molar-refractivity contribution in [1.29, 1.82) is 0 Å². The largest absolute Gasteiger partial charge is 0.341 e. The van der Waals surface area contributed by atoms with Crippen LogP contribution in [-0.4, -0.2) is 38.7 Å². The molecule has 0 bridgehead atoms.